The highest BCUT2D eigenvalue weighted by Crippen LogP contribution is 2.22. The number of thioether (sulfide) groups is 1. The van der Waals surface area contributed by atoms with Crippen LogP contribution >= 0.6 is 11.8 Å². The van der Waals surface area contributed by atoms with Gasteiger partial charge in [0.1, 0.15) is 0 Å². The SMILES string of the molecule is CCN(CC)CCSC(C)(C)CN. The summed E-state index contributed by atoms with van der Waals surface area (Å²) in [4.78, 5) is 2.44. The van der Waals surface area contributed by atoms with Crippen LogP contribution in [-0.4, -0.2) is 41.6 Å². The Morgan fingerprint density at radius 2 is 1.77 bits per heavy atom. The Morgan fingerprint density at radius 1 is 1.23 bits per heavy atom. The van der Waals surface area contributed by atoms with Crippen molar-refractivity contribution in [3.8, 4) is 0 Å². The summed E-state index contributed by atoms with van der Waals surface area (Å²) in [5.41, 5.74) is 5.65. The third-order valence-corrected chi connectivity index (χ3v) is 3.62. The van der Waals surface area contributed by atoms with Crippen LogP contribution in [0.1, 0.15) is 27.7 Å². The molecule has 2 N–H and O–H groups in total. The van der Waals surface area contributed by atoms with E-state index in [-0.39, 0.29) is 4.75 Å². The second-order valence-corrected chi connectivity index (χ2v) is 5.64. The van der Waals surface area contributed by atoms with Crippen LogP contribution in [-0.2, 0) is 0 Å². The van der Waals surface area contributed by atoms with Crippen molar-refractivity contribution in [3.63, 3.8) is 0 Å². The Morgan fingerprint density at radius 3 is 2.15 bits per heavy atom. The summed E-state index contributed by atoms with van der Waals surface area (Å²) in [7, 11) is 0. The van der Waals surface area contributed by atoms with Gasteiger partial charge in [-0.15, -0.1) is 0 Å². The van der Waals surface area contributed by atoms with Crippen LogP contribution in [0.25, 0.3) is 0 Å². The van der Waals surface area contributed by atoms with E-state index in [1.54, 1.807) is 0 Å². The molecule has 0 unspecified atom stereocenters. The molecule has 0 rings (SSSR count). The van der Waals surface area contributed by atoms with Gasteiger partial charge in [-0.3, -0.25) is 0 Å². The highest BCUT2D eigenvalue weighted by molar-refractivity contribution is 8.00. The van der Waals surface area contributed by atoms with Crippen LogP contribution in [0.2, 0.25) is 0 Å². The van der Waals surface area contributed by atoms with Gasteiger partial charge in [0.2, 0.25) is 0 Å². The Balaban J connectivity index is 3.54. The number of hydrogen-bond donors (Lipinski definition) is 1. The van der Waals surface area contributed by atoms with Gasteiger partial charge in [-0.1, -0.05) is 13.8 Å². The first-order valence-corrected chi connectivity index (χ1v) is 6.10. The molecular formula is C10H24N2S. The van der Waals surface area contributed by atoms with Crippen LogP contribution in [0, 0.1) is 0 Å². The highest BCUT2D eigenvalue weighted by Gasteiger charge is 2.15. The monoisotopic (exact) mass is 204 g/mol. The van der Waals surface area contributed by atoms with Gasteiger partial charge in [-0.05, 0) is 26.9 Å². The van der Waals surface area contributed by atoms with E-state index in [0.717, 1.165) is 19.6 Å². The minimum Gasteiger partial charge on any atom is -0.329 e. The Hall–Kier alpha value is 0.270. The lowest BCUT2D eigenvalue weighted by Gasteiger charge is -2.24. The van der Waals surface area contributed by atoms with Crippen molar-refractivity contribution in [2.24, 2.45) is 5.73 Å². The highest BCUT2D eigenvalue weighted by atomic mass is 32.2. The number of nitrogens with zero attached hydrogens (tertiary/aromatic N) is 1. The molecule has 0 radical (unpaired) electrons. The van der Waals surface area contributed by atoms with E-state index in [1.807, 2.05) is 11.8 Å². The van der Waals surface area contributed by atoms with Gasteiger partial charge in [0.05, 0.1) is 0 Å². The lowest BCUT2D eigenvalue weighted by molar-refractivity contribution is 0.323. The molecule has 0 saturated carbocycles. The molecule has 0 saturated heterocycles. The van der Waals surface area contributed by atoms with Crippen LogP contribution in [0.15, 0.2) is 0 Å². The molecule has 0 spiro atoms. The molecule has 0 aliphatic heterocycles. The normalized spacial score (nSPS) is 12.5. The third kappa shape index (κ3) is 6.36. The van der Waals surface area contributed by atoms with Gasteiger partial charge < -0.3 is 10.6 Å². The average Bonchev–Trinajstić information content (AvgIpc) is 2.12. The fourth-order valence-electron chi connectivity index (χ4n) is 1.05. The molecule has 0 atom stereocenters. The smallest absolute Gasteiger partial charge is 0.0226 e. The lowest BCUT2D eigenvalue weighted by atomic mass is 10.2. The fourth-order valence-corrected chi connectivity index (χ4v) is 2.07. The maximum Gasteiger partial charge on any atom is 0.0226 e. The number of rotatable bonds is 7. The van der Waals surface area contributed by atoms with Crippen LogP contribution in [0.5, 0.6) is 0 Å². The van der Waals surface area contributed by atoms with E-state index in [4.69, 9.17) is 5.73 Å². The summed E-state index contributed by atoms with van der Waals surface area (Å²) in [6, 6.07) is 0. The van der Waals surface area contributed by atoms with Crippen molar-refractivity contribution < 1.29 is 0 Å². The maximum absolute atomic E-state index is 5.65. The lowest BCUT2D eigenvalue weighted by Crippen LogP contribution is -2.30. The molecule has 0 aliphatic carbocycles. The van der Waals surface area contributed by atoms with Crippen molar-refractivity contribution >= 4 is 11.8 Å². The number of nitrogens with two attached hydrogens (primary N) is 1. The van der Waals surface area contributed by atoms with Crippen molar-refractivity contribution in [1.29, 1.82) is 0 Å². The van der Waals surface area contributed by atoms with Gasteiger partial charge >= 0.3 is 0 Å². The Labute approximate surface area is 87.2 Å². The minimum absolute atomic E-state index is 0.243. The molecule has 0 aromatic rings. The molecule has 13 heavy (non-hydrogen) atoms. The molecule has 0 bridgehead atoms. The van der Waals surface area contributed by atoms with E-state index in [0.29, 0.717) is 0 Å². The molecule has 0 aliphatic rings. The van der Waals surface area contributed by atoms with E-state index in [2.05, 4.69) is 32.6 Å². The summed E-state index contributed by atoms with van der Waals surface area (Å²) in [6.45, 7) is 13.1. The molecule has 0 aromatic carbocycles. The zero-order valence-corrected chi connectivity index (χ0v) is 10.3. The number of hydrogen-bond acceptors (Lipinski definition) is 3. The second-order valence-electron chi connectivity index (χ2n) is 3.84. The third-order valence-electron chi connectivity index (χ3n) is 2.29. The molecule has 3 heteroatoms. The van der Waals surface area contributed by atoms with Gasteiger partial charge in [0.25, 0.3) is 0 Å². The van der Waals surface area contributed by atoms with Crippen molar-refractivity contribution in [2.45, 2.75) is 32.4 Å². The summed E-state index contributed by atoms with van der Waals surface area (Å²) in [6.07, 6.45) is 0. The van der Waals surface area contributed by atoms with E-state index in [9.17, 15) is 0 Å². The first-order chi connectivity index (χ1) is 6.05. The standard InChI is InChI=1S/C10H24N2S/c1-5-12(6-2)7-8-13-10(3,4)9-11/h5-9,11H2,1-4H3. The van der Waals surface area contributed by atoms with Gasteiger partial charge in [0.15, 0.2) is 0 Å². The fraction of sp³-hybridized carbons (Fsp3) is 1.00. The van der Waals surface area contributed by atoms with Crippen molar-refractivity contribution in [3.05, 3.63) is 0 Å². The second kappa shape index (κ2) is 6.68. The summed E-state index contributed by atoms with van der Waals surface area (Å²) in [5.74, 6) is 1.19. The van der Waals surface area contributed by atoms with Crippen molar-refractivity contribution in [2.75, 3.05) is 31.9 Å². The summed E-state index contributed by atoms with van der Waals surface area (Å²) in [5, 5.41) is 0. The largest absolute Gasteiger partial charge is 0.329 e. The zero-order chi connectivity index (χ0) is 10.3. The zero-order valence-electron chi connectivity index (χ0n) is 9.47. The molecule has 0 fully saturated rings. The summed E-state index contributed by atoms with van der Waals surface area (Å²) < 4.78 is 0.243. The first-order valence-electron chi connectivity index (χ1n) is 5.12. The predicted molar refractivity (Wildman–Crippen MR) is 63.4 cm³/mol. The van der Waals surface area contributed by atoms with Gasteiger partial charge in [0, 0.05) is 23.6 Å². The van der Waals surface area contributed by atoms with Crippen LogP contribution in [0.4, 0.5) is 0 Å². The predicted octanol–water partition coefficient (Wildman–Crippen LogP) is 1.80. The van der Waals surface area contributed by atoms with Gasteiger partial charge in [-0.25, -0.2) is 0 Å². The van der Waals surface area contributed by atoms with Crippen LogP contribution < -0.4 is 5.73 Å². The Kier molecular flexibility index (Phi) is 6.82. The van der Waals surface area contributed by atoms with E-state index >= 15 is 0 Å². The minimum atomic E-state index is 0.243. The van der Waals surface area contributed by atoms with E-state index in [1.165, 1.54) is 12.3 Å². The van der Waals surface area contributed by atoms with E-state index < -0.39 is 0 Å². The molecule has 80 valence electrons. The maximum atomic E-state index is 5.65. The summed E-state index contributed by atoms with van der Waals surface area (Å²) >= 11 is 1.97. The molecular weight excluding hydrogens is 180 g/mol. The first kappa shape index (κ1) is 13.3. The van der Waals surface area contributed by atoms with Crippen LogP contribution in [0.3, 0.4) is 0 Å². The molecule has 0 heterocycles. The van der Waals surface area contributed by atoms with Gasteiger partial charge in [-0.2, -0.15) is 11.8 Å². The molecule has 2 nitrogen and oxygen atoms in total. The Bertz CT molecular complexity index is 122. The van der Waals surface area contributed by atoms with Crippen molar-refractivity contribution in [1.82, 2.24) is 4.90 Å². The quantitative estimate of drug-likeness (QED) is 0.686. The molecule has 0 amide bonds. The molecule has 0 aromatic heterocycles. The average molecular weight is 204 g/mol. The topological polar surface area (TPSA) is 29.3 Å².